The molecule has 0 saturated carbocycles. The van der Waals surface area contributed by atoms with E-state index < -0.39 is 5.97 Å². The third-order valence-corrected chi connectivity index (χ3v) is 6.08. The first-order valence-electron chi connectivity index (χ1n) is 10.1. The van der Waals surface area contributed by atoms with E-state index in [2.05, 4.69) is 9.97 Å². The fourth-order valence-electron chi connectivity index (χ4n) is 3.37. The maximum atomic E-state index is 12.7. The number of H-pyrrole nitrogens is 1. The van der Waals surface area contributed by atoms with Crippen molar-refractivity contribution in [2.24, 2.45) is 0 Å². The Balaban J connectivity index is 1.49. The zero-order valence-electron chi connectivity index (χ0n) is 17.7. The molecule has 32 heavy (non-hydrogen) atoms. The predicted molar refractivity (Wildman–Crippen MR) is 123 cm³/mol. The van der Waals surface area contributed by atoms with Gasteiger partial charge >= 0.3 is 5.97 Å². The number of esters is 1. The van der Waals surface area contributed by atoms with E-state index in [1.165, 1.54) is 0 Å². The van der Waals surface area contributed by atoms with Crippen molar-refractivity contribution in [3.8, 4) is 11.5 Å². The first-order chi connectivity index (χ1) is 15.6. The molecule has 0 atom stereocenters. The van der Waals surface area contributed by atoms with E-state index in [1.54, 1.807) is 14.0 Å². The van der Waals surface area contributed by atoms with Crippen molar-refractivity contribution >= 4 is 27.5 Å². The molecule has 0 saturated heterocycles. The lowest BCUT2D eigenvalue weighted by Crippen LogP contribution is -2.13. The van der Waals surface area contributed by atoms with Gasteiger partial charge in [0, 0.05) is 12.0 Å². The molecular formula is C24H22N2O5S. The van der Waals surface area contributed by atoms with Gasteiger partial charge in [-0.15, -0.1) is 11.3 Å². The number of ether oxygens (including phenoxy) is 3. The standard InChI is InChI=1S/C24H22N2O5S/c1-15-20-22(27)25-19(14-16-8-6-7-11-18(16)29-2)26-23(20)32-21(15)24(28)31-13-12-30-17-9-4-3-5-10-17/h3-11H,12-14H2,1-2H3,(H,25,26,27). The van der Waals surface area contributed by atoms with Crippen LogP contribution in [0.4, 0.5) is 0 Å². The zero-order valence-corrected chi connectivity index (χ0v) is 18.5. The lowest BCUT2D eigenvalue weighted by molar-refractivity contribution is 0.0455. The number of fused-ring (bicyclic) bond motifs is 1. The number of methoxy groups -OCH3 is 1. The Bertz CT molecular complexity index is 1300. The fraction of sp³-hybridized carbons (Fsp3) is 0.208. The van der Waals surface area contributed by atoms with Crippen molar-refractivity contribution in [3.63, 3.8) is 0 Å². The van der Waals surface area contributed by atoms with Crippen LogP contribution in [0.15, 0.2) is 59.4 Å². The van der Waals surface area contributed by atoms with Crippen molar-refractivity contribution in [2.75, 3.05) is 20.3 Å². The van der Waals surface area contributed by atoms with Gasteiger partial charge in [0.25, 0.3) is 5.56 Å². The number of para-hydroxylation sites is 2. The number of nitrogens with one attached hydrogen (secondary N) is 1. The first kappa shape index (κ1) is 21.6. The van der Waals surface area contributed by atoms with Gasteiger partial charge in [-0.2, -0.15) is 0 Å². The van der Waals surface area contributed by atoms with E-state index >= 15 is 0 Å². The molecule has 0 spiro atoms. The minimum Gasteiger partial charge on any atom is -0.496 e. The Morgan fingerprint density at radius 3 is 2.59 bits per heavy atom. The lowest BCUT2D eigenvalue weighted by Gasteiger charge is -2.07. The maximum Gasteiger partial charge on any atom is 0.348 e. The second-order valence-corrected chi connectivity index (χ2v) is 8.03. The quantitative estimate of drug-likeness (QED) is 0.321. The van der Waals surface area contributed by atoms with Crippen molar-refractivity contribution in [2.45, 2.75) is 13.3 Å². The summed E-state index contributed by atoms with van der Waals surface area (Å²) >= 11 is 1.16. The van der Waals surface area contributed by atoms with Crippen molar-refractivity contribution in [1.82, 2.24) is 9.97 Å². The number of thiophene rings is 1. The summed E-state index contributed by atoms with van der Waals surface area (Å²) in [5.74, 6) is 1.44. The number of nitrogens with zero attached hydrogens (tertiary/aromatic N) is 1. The van der Waals surface area contributed by atoms with Crippen LogP contribution in [0, 0.1) is 6.92 Å². The number of hydrogen-bond donors (Lipinski definition) is 1. The van der Waals surface area contributed by atoms with Crippen molar-refractivity contribution in [1.29, 1.82) is 0 Å². The van der Waals surface area contributed by atoms with Crippen LogP contribution >= 0.6 is 11.3 Å². The van der Waals surface area contributed by atoms with Crippen molar-refractivity contribution in [3.05, 3.63) is 86.8 Å². The Labute approximate surface area is 188 Å². The number of aromatic nitrogens is 2. The van der Waals surface area contributed by atoms with Gasteiger partial charge in [0.05, 0.1) is 12.5 Å². The van der Waals surface area contributed by atoms with E-state index in [1.807, 2.05) is 54.6 Å². The van der Waals surface area contributed by atoms with Gasteiger partial charge in [-0.25, -0.2) is 9.78 Å². The highest BCUT2D eigenvalue weighted by Gasteiger charge is 2.20. The zero-order chi connectivity index (χ0) is 22.5. The van der Waals surface area contributed by atoms with E-state index in [4.69, 9.17) is 14.2 Å². The van der Waals surface area contributed by atoms with Gasteiger partial charge in [-0.3, -0.25) is 4.79 Å². The number of hydrogen-bond acceptors (Lipinski definition) is 7. The van der Waals surface area contributed by atoms with Gasteiger partial charge in [-0.05, 0) is 30.7 Å². The predicted octanol–water partition coefficient (Wildman–Crippen LogP) is 4.13. The number of carbonyl (C=O) groups excluding carboxylic acids is 1. The maximum absolute atomic E-state index is 12.7. The summed E-state index contributed by atoms with van der Waals surface area (Å²) in [7, 11) is 1.60. The summed E-state index contributed by atoms with van der Waals surface area (Å²) in [6.07, 6.45) is 0.406. The van der Waals surface area contributed by atoms with E-state index in [0.29, 0.717) is 38.7 Å². The van der Waals surface area contributed by atoms with Crippen LogP contribution in [0.2, 0.25) is 0 Å². The SMILES string of the molecule is COc1ccccc1Cc1nc2sc(C(=O)OCCOc3ccccc3)c(C)c2c(=O)[nH]1. The molecule has 0 fully saturated rings. The molecule has 0 radical (unpaired) electrons. The highest BCUT2D eigenvalue weighted by Crippen LogP contribution is 2.28. The van der Waals surface area contributed by atoms with Crippen LogP contribution in [0.1, 0.15) is 26.6 Å². The van der Waals surface area contributed by atoms with Gasteiger partial charge in [0.1, 0.15) is 40.2 Å². The van der Waals surface area contributed by atoms with Gasteiger partial charge in [0.2, 0.25) is 0 Å². The minimum absolute atomic E-state index is 0.101. The molecule has 8 heteroatoms. The summed E-state index contributed by atoms with van der Waals surface area (Å²) in [4.78, 5) is 33.6. The smallest absolute Gasteiger partial charge is 0.348 e. The Morgan fingerprint density at radius 1 is 1.06 bits per heavy atom. The largest absolute Gasteiger partial charge is 0.496 e. The second-order valence-electron chi connectivity index (χ2n) is 7.04. The van der Waals surface area contributed by atoms with Crippen molar-refractivity contribution < 1.29 is 19.0 Å². The van der Waals surface area contributed by atoms with Crippen LogP contribution in [-0.4, -0.2) is 36.3 Å². The molecule has 0 unspecified atom stereocenters. The number of aryl methyl sites for hydroxylation is 1. The molecule has 0 bridgehead atoms. The van der Waals surface area contributed by atoms with E-state index in [9.17, 15) is 9.59 Å². The monoisotopic (exact) mass is 450 g/mol. The third-order valence-electron chi connectivity index (χ3n) is 4.91. The molecule has 2 aromatic heterocycles. The van der Waals surface area contributed by atoms with Gasteiger partial charge in [0.15, 0.2) is 0 Å². The minimum atomic E-state index is -0.493. The van der Waals surface area contributed by atoms with Crippen LogP contribution in [-0.2, 0) is 11.2 Å². The van der Waals surface area contributed by atoms with Crippen LogP contribution in [0.25, 0.3) is 10.2 Å². The summed E-state index contributed by atoms with van der Waals surface area (Å²) in [6, 6.07) is 16.9. The van der Waals surface area contributed by atoms with Gasteiger partial charge < -0.3 is 19.2 Å². The molecule has 164 valence electrons. The average Bonchev–Trinajstić information content (AvgIpc) is 3.14. The molecular weight excluding hydrogens is 428 g/mol. The molecule has 0 aliphatic heterocycles. The second kappa shape index (κ2) is 9.65. The molecule has 2 aromatic carbocycles. The third kappa shape index (κ3) is 4.65. The molecule has 0 aliphatic rings. The molecule has 7 nitrogen and oxygen atoms in total. The Morgan fingerprint density at radius 2 is 1.81 bits per heavy atom. The number of carbonyl (C=O) groups is 1. The van der Waals surface area contributed by atoms with E-state index in [0.717, 1.165) is 22.6 Å². The highest BCUT2D eigenvalue weighted by atomic mass is 32.1. The fourth-order valence-corrected chi connectivity index (χ4v) is 4.47. The molecule has 0 aliphatic carbocycles. The molecule has 2 heterocycles. The topological polar surface area (TPSA) is 90.5 Å². The summed E-state index contributed by atoms with van der Waals surface area (Å²) in [5.41, 5.74) is 1.19. The number of aromatic amines is 1. The number of benzene rings is 2. The normalized spacial score (nSPS) is 10.8. The average molecular weight is 451 g/mol. The van der Waals surface area contributed by atoms with Gasteiger partial charge in [-0.1, -0.05) is 36.4 Å². The highest BCUT2D eigenvalue weighted by molar-refractivity contribution is 7.20. The summed E-state index contributed by atoms with van der Waals surface area (Å²) < 4.78 is 16.3. The lowest BCUT2D eigenvalue weighted by atomic mass is 10.1. The molecule has 4 rings (SSSR count). The van der Waals surface area contributed by atoms with E-state index in [-0.39, 0.29) is 18.8 Å². The number of rotatable bonds is 8. The molecule has 1 N–H and O–H groups in total. The van der Waals surface area contributed by atoms with Crippen LogP contribution in [0.5, 0.6) is 11.5 Å². The Hall–Kier alpha value is -3.65. The summed E-state index contributed by atoms with van der Waals surface area (Å²) in [6.45, 7) is 2.07. The van der Waals surface area contributed by atoms with Crippen LogP contribution in [0.3, 0.4) is 0 Å². The molecule has 4 aromatic rings. The summed E-state index contributed by atoms with van der Waals surface area (Å²) in [5, 5.41) is 0.409. The first-order valence-corrected chi connectivity index (χ1v) is 10.9. The molecule has 0 amide bonds. The Kier molecular flexibility index (Phi) is 6.51. The van der Waals surface area contributed by atoms with Crippen LogP contribution < -0.4 is 15.0 Å².